The van der Waals surface area contributed by atoms with Gasteiger partial charge in [0.1, 0.15) is 22.9 Å². The number of hydrogen-bond donors (Lipinski definition) is 0. The van der Waals surface area contributed by atoms with E-state index in [9.17, 15) is 4.79 Å². The van der Waals surface area contributed by atoms with Gasteiger partial charge in [-0.15, -0.1) is 0 Å². The molecule has 5 nitrogen and oxygen atoms in total. The van der Waals surface area contributed by atoms with Crippen LogP contribution >= 0.6 is 0 Å². The third kappa shape index (κ3) is 4.42. The Labute approximate surface area is 191 Å². The summed E-state index contributed by atoms with van der Waals surface area (Å²) in [7, 11) is 1.32. The number of allylic oxidation sites excluding steroid dienone is 2. The van der Waals surface area contributed by atoms with Crippen molar-refractivity contribution in [3.63, 3.8) is 0 Å². The highest BCUT2D eigenvalue weighted by atomic mass is 19.1. The molecule has 3 aromatic carbocycles. The number of rotatable bonds is 7. The molecule has 1 aliphatic carbocycles. The molecule has 0 bridgehead atoms. The predicted octanol–water partition coefficient (Wildman–Crippen LogP) is 6.12. The minimum atomic E-state index is -0.511. The molecule has 0 N–H and O–H groups in total. The van der Waals surface area contributed by atoms with Crippen LogP contribution in [-0.2, 0) is 16.6 Å². The third-order valence-corrected chi connectivity index (χ3v) is 5.96. The van der Waals surface area contributed by atoms with Gasteiger partial charge in [0.05, 0.1) is 7.11 Å². The summed E-state index contributed by atoms with van der Waals surface area (Å²) in [6.45, 7) is 0.213. The van der Waals surface area contributed by atoms with Crippen LogP contribution in [0.25, 0.3) is 0 Å². The number of halogens is 1. The summed E-state index contributed by atoms with van der Waals surface area (Å²) in [5.41, 5.74) is 1.69. The highest BCUT2D eigenvalue weighted by Crippen LogP contribution is 2.52. The first-order valence-electron chi connectivity index (χ1n) is 10.8. The van der Waals surface area contributed by atoms with Crippen molar-refractivity contribution in [1.29, 1.82) is 0 Å². The Kier molecular flexibility index (Phi) is 5.50. The summed E-state index contributed by atoms with van der Waals surface area (Å²) in [6.07, 6.45) is 3.56. The molecule has 6 heteroatoms. The molecule has 0 amide bonds. The molecule has 0 spiro atoms. The van der Waals surface area contributed by atoms with Crippen molar-refractivity contribution in [2.45, 2.75) is 24.7 Å². The van der Waals surface area contributed by atoms with Gasteiger partial charge in [0.25, 0.3) is 0 Å². The molecular formula is C27H23FO5. The summed E-state index contributed by atoms with van der Waals surface area (Å²) in [4.78, 5) is 12.2. The second kappa shape index (κ2) is 8.62. The normalized spacial score (nSPS) is 15.8. The van der Waals surface area contributed by atoms with E-state index in [1.54, 1.807) is 36.4 Å². The van der Waals surface area contributed by atoms with Gasteiger partial charge < -0.3 is 18.9 Å². The van der Waals surface area contributed by atoms with E-state index in [4.69, 9.17) is 18.9 Å². The Bertz CT molecular complexity index is 1210. The fourth-order valence-electron chi connectivity index (χ4n) is 4.06. The van der Waals surface area contributed by atoms with E-state index in [2.05, 4.69) is 0 Å². The fourth-order valence-corrected chi connectivity index (χ4v) is 4.06. The Morgan fingerprint density at radius 1 is 1.03 bits per heavy atom. The van der Waals surface area contributed by atoms with Crippen LogP contribution in [0.3, 0.4) is 0 Å². The van der Waals surface area contributed by atoms with Crippen LogP contribution in [-0.4, -0.2) is 19.9 Å². The van der Waals surface area contributed by atoms with Gasteiger partial charge in [-0.05, 0) is 66.4 Å². The number of methoxy groups -OCH3 is 1. The van der Waals surface area contributed by atoms with Gasteiger partial charge in [0, 0.05) is 11.8 Å². The van der Waals surface area contributed by atoms with Crippen LogP contribution in [0.5, 0.6) is 23.0 Å². The first-order chi connectivity index (χ1) is 16.1. The van der Waals surface area contributed by atoms with Gasteiger partial charge in [-0.25, -0.2) is 9.18 Å². The largest absolute Gasteiger partial charge is 0.465 e. The zero-order valence-corrected chi connectivity index (χ0v) is 18.2. The molecule has 1 fully saturated rings. The number of benzene rings is 3. The molecule has 3 aromatic rings. The number of carbonyl (C=O) groups excluding carboxylic acids is 1. The van der Waals surface area contributed by atoms with Crippen molar-refractivity contribution >= 4 is 5.97 Å². The van der Waals surface area contributed by atoms with Crippen molar-refractivity contribution in [3.05, 3.63) is 95.3 Å². The van der Waals surface area contributed by atoms with E-state index in [1.165, 1.54) is 7.11 Å². The average molecular weight is 446 g/mol. The van der Waals surface area contributed by atoms with Crippen LogP contribution in [0.4, 0.5) is 4.39 Å². The fraction of sp³-hybridized carbons (Fsp3) is 0.222. The topological polar surface area (TPSA) is 54.0 Å². The van der Waals surface area contributed by atoms with Crippen molar-refractivity contribution in [3.8, 4) is 23.0 Å². The summed E-state index contributed by atoms with van der Waals surface area (Å²) < 4.78 is 36.8. The summed E-state index contributed by atoms with van der Waals surface area (Å²) in [5, 5.41) is 0. The Morgan fingerprint density at radius 3 is 2.58 bits per heavy atom. The maximum absolute atomic E-state index is 15.1. The summed E-state index contributed by atoms with van der Waals surface area (Å²) >= 11 is 0. The number of fused-ring (bicyclic) bond motifs is 1. The molecule has 1 heterocycles. The van der Waals surface area contributed by atoms with Crippen molar-refractivity contribution in [2.24, 2.45) is 0 Å². The first kappa shape index (κ1) is 21.1. The molecule has 1 saturated carbocycles. The molecule has 168 valence electrons. The molecule has 1 aliphatic heterocycles. The second-order valence-electron chi connectivity index (χ2n) is 8.23. The summed E-state index contributed by atoms with van der Waals surface area (Å²) in [6, 6.07) is 19.9. The van der Waals surface area contributed by atoms with Gasteiger partial charge in [-0.1, -0.05) is 30.3 Å². The number of ether oxygens (including phenoxy) is 4. The van der Waals surface area contributed by atoms with Gasteiger partial charge in [-0.2, -0.15) is 0 Å². The Morgan fingerprint density at radius 2 is 1.82 bits per heavy atom. The standard InChI is InChI=1S/C27H23FO5/c1-30-26(29)22-9-7-18(14-24(22)33-21-5-3-2-4-6-21)13-20(28)16-27(11-12-27)19-8-10-23-25(15-19)32-17-31-23/h2-10,14-16H,11-13,17H2,1H3/b20-16-. The van der Waals surface area contributed by atoms with Crippen molar-refractivity contribution < 1.29 is 28.1 Å². The highest BCUT2D eigenvalue weighted by Gasteiger charge is 2.43. The van der Waals surface area contributed by atoms with E-state index in [1.807, 2.05) is 36.4 Å². The van der Waals surface area contributed by atoms with Gasteiger partial charge >= 0.3 is 5.97 Å². The average Bonchev–Trinajstić information content (AvgIpc) is 3.45. The summed E-state index contributed by atoms with van der Waals surface area (Å²) in [5.74, 6) is 1.58. The lowest BCUT2D eigenvalue weighted by Gasteiger charge is -2.14. The zero-order valence-electron chi connectivity index (χ0n) is 18.2. The number of para-hydroxylation sites is 1. The van der Waals surface area contributed by atoms with E-state index < -0.39 is 5.97 Å². The van der Waals surface area contributed by atoms with Crippen molar-refractivity contribution in [2.75, 3.05) is 13.9 Å². The molecule has 0 atom stereocenters. The van der Waals surface area contributed by atoms with Crippen LogP contribution in [0, 0.1) is 0 Å². The predicted molar refractivity (Wildman–Crippen MR) is 121 cm³/mol. The van der Waals surface area contributed by atoms with E-state index in [0.717, 1.165) is 24.2 Å². The van der Waals surface area contributed by atoms with Gasteiger partial charge in [0.15, 0.2) is 11.5 Å². The quantitative estimate of drug-likeness (QED) is 0.409. The maximum Gasteiger partial charge on any atom is 0.341 e. The van der Waals surface area contributed by atoms with E-state index in [-0.39, 0.29) is 30.0 Å². The van der Waals surface area contributed by atoms with Crippen LogP contribution in [0.1, 0.15) is 34.3 Å². The number of esters is 1. The monoisotopic (exact) mass is 446 g/mol. The smallest absolute Gasteiger partial charge is 0.341 e. The Hall–Kier alpha value is -3.80. The number of hydrogen-bond acceptors (Lipinski definition) is 5. The zero-order chi connectivity index (χ0) is 22.8. The lowest BCUT2D eigenvalue weighted by Crippen LogP contribution is -2.05. The highest BCUT2D eigenvalue weighted by molar-refractivity contribution is 5.92. The van der Waals surface area contributed by atoms with Gasteiger partial charge in [-0.3, -0.25) is 0 Å². The first-order valence-corrected chi connectivity index (χ1v) is 10.8. The Balaban J connectivity index is 1.38. The number of carbonyl (C=O) groups is 1. The lowest BCUT2D eigenvalue weighted by molar-refractivity contribution is 0.0598. The SMILES string of the molecule is COC(=O)c1ccc(C/C(F)=C/C2(c3ccc4c(c3)OCO4)CC2)cc1Oc1ccccc1. The van der Waals surface area contributed by atoms with Crippen LogP contribution in [0.2, 0.25) is 0 Å². The molecule has 5 rings (SSSR count). The maximum atomic E-state index is 15.1. The van der Waals surface area contributed by atoms with Gasteiger partial charge in [0.2, 0.25) is 6.79 Å². The molecule has 0 radical (unpaired) electrons. The molecule has 0 aromatic heterocycles. The molecule has 0 saturated heterocycles. The minimum absolute atomic E-state index is 0.0961. The van der Waals surface area contributed by atoms with E-state index in [0.29, 0.717) is 22.8 Å². The second-order valence-corrected chi connectivity index (χ2v) is 8.23. The molecular weight excluding hydrogens is 423 g/mol. The molecule has 2 aliphatic rings. The van der Waals surface area contributed by atoms with Crippen LogP contribution in [0.15, 0.2) is 78.6 Å². The van der Waals surface area contributed by atoms with Crippen LogP contribution < -0.4 is 14.2 Å². The van der Waals surface area contributed by atoms with E-state index >= 15 is 4.39 Å². The molecule has 33 heavy (non-hydrogen) atoms. The lowest BCUT2D eigenvalue weighted by atomic mass is 9.94. The molecule has 0 unspecified atom stereocenters. The minimum Gasteiger partial charge on any atom is -0.465 e. The van der Waals surface area contributed by atoms with Crippen molar-refractivity contribution in [1.82, 2.24) is 0 Å². The third-order valence-electron chi connectivity index (χ3n) is 5.96.